The maximum Gasteiger partial charge on any atom is 0.160 e. The summed E-state index contributed by atoms with van der Waals surface area (Å²) in [5.41, 5.74) is 13.1. The number of pyridine rings is 1. The lowest BCUT2D eigenvalue weighted by Gasteiger charge is -2.12. The van der Waals surface area contributed by atoms with E-state index in [1.807, 2.05) is 47.9 Å². The topological polar surface area (TPSA) is 51.8 Å². The molecule has 0 amide bonds. The van der Waals surface area contributed by atoms with E-state index < -0.39 is 0 Å². The van der Waals surface area contributed by atoms with Gasteiger partial charge >= 0.3 is 0 Å². The second kappa shape index (κ2) is 13.3. The third kappa shape index (κ3) is 5.48. The molecule has 0 N–H and O–H groups in total. The van der Waals surface area contributed by atoms with E-state index in [2.05, 4.69) is 151 Å². The molecule has 0 saturated heterocycles. The predicted octanol–water partition coefficient (Wildman–Crippen LogP) is 14.1. The SMILES string of the molecule is c1ccc(-c2cc(-c3ccc(-c4cccc5c4sc4ccccc45)c4c3oc3ccccc34)nc(-c3ccc(-c4ccc(-c5cccnc5)cc4)cc3)n2)cc1. The van der Waals surface area contributed by atoms with Crippen LogP contribution in [-0.4, -0.2) is 15.0 Å². The van der Waals surface area contributed by atoms with Crippen molar-refractivity contribution in [3.63, 3.8) is 0 Å². The van der Waals surface area contributed by atoms with Crippen LogP contribution in [0.2, 0.25) is 0 Å². The quantitative estimate of drug-likeness (QED) is 0.171. The Morgan fingerprint density at radius 1 is 0.429 bits per heavy atom. The highest BCUT2D eigenvalue weighted by Gasteiger charge is 2.21. The molecule has 0 unspecified atom stereocenters. The lowest BCUT2D eigenvalue weighted by Crippen LogP contribution is -1.96. The minimum absolute atomic E-state index is 0.656. The molecule has 4 aromatic heterocycles. The molecule has 0 radical (unpaired) electrons. The summed E-state index contributed by atoms with van der Waals surface area (Å²) in [5, 5.41) is 4.73. The van der Waals surface area contributed by atoms with Gasteiger partial charge in [-0.15, -0.1) is 11.3 Å². The number of nitrogens with zero attached hydrogens (tertiary/aromatic N) is 3. The van der Waals surface area contributed by atoms with Crippen LogP contribution in [0.25, 0.3) is 109 Å². The number of fused-ring (bicyclic) bond motifs is 6. The normalized spacial score (nSPS) is 11.6. The summed E-state index contributed by atoms with van der Waals surface area (Å²) in [4.78, 5) is 14.7. The molecular weight excluding hydrogens is 703 g/mol. The first-order valence-corrected chi connectivity index (χ1v) is 19.5. The second-order valence-electron chi connectivity index (χ2n) is 14.0. The summed E-state index contributed by atoms with van der Waals surface area (Å²) in [7, 11) is 0. The molecule has 0 atom stereocenters. The average molecular weight is 734 g/mol. The molecule has 0 fully saturated rings. The van der Waals surface area contributed by atoms with E-state index >= 15 is 0 Å². The first kappa shape index (κ1) is 32.2. The van der Waals surface area contributed by atoms with Crippen molar-refractivity contribution in [1.82, 2.24) is 15.0 Å². The van der Waals surface area contributed by atoms with Crippen LogP contribution in [0.15, 0.2) is 193 Å². The minimum Gasteiger partial charge on any atom is -0.455 e. The number of rotatable bonds is 6. The Morgan fingerprint density at radius 2 is 1.07 bits per heavy atom. The fraction of sp³-hybridized carbons (Fsp3) is 0. The van der Waals surface area contributed by atoms with Gasteiger partial charge in [-0.3, -0.25) is 4.98 Å². The maximum atomic E-state index is 6.80. The number of benzene rings is 7. The van der Waals surface area contributed by atoms with E-state index in [0.29, 0.717) is 5.82 Å². The summed E-state index contributed by atoms with van der Waals surface area (Å²) in [5.74, 6) is 0.656. The van der Waals surface area contributed by atoms with E-state index in [4.69, 9.17) is 14.4 Å². The first-order chi connectivity index (χ1) is 27.7. The van der Waals surface area contributed by atoms with Crippen LogP contribution in [0.3, 0.4) is 0 Å². The molecule has 0 aliphatic heterocycles. The number of para-hydroxylation sites is 1. The first-order valence-electron chi connectivity index (χ1n) is 18.7. The van der Waals surface area contributed by atoms with Crippen molar-refractivity contribution in [2.24, 2.45) is 0 Å². The van der Waals surface area contributed by atoms with Crippen molar-refractivity contribution < 1.29 is 4.42 Å². The summed E-state index contributed by atoms with van der Waals surface area (Å²) in [6.45, 7) is 0. The molecule has 11 rings (SSSR count). The molecule has 4 nitrogen and oxygen atoms in total. The number of aromatic nitrogens is 3. The molecule has 5 heteroatoms. The van der Waals surface area contributed by atoms with Crippen molar-refractivity contribution in [2.75, 3.05) is 0 Å². The summed E-state index contributed by atoms with van der Waals surface area (Å²) >= 11 is 1.84. The highest BCUT2D eigenvalue weighted by molar-refractivity contribution is 7.26. The van der Waals surface area contributed by atoms with E-state index in [-0.39, 0.29) is 0 Å². The number of furan rings is 1. The molecule has 7 aromatic carbocycles. The zero-order valence-electron chi connectivity index (χ0n) is 30.1. The van der Waals surface area contributed by atoms with Crippen LogP contribution in [0, 0.1) is 0 Å². The van der Waals surface area contributed by atoms with Crippen LogP contribution >= 0.6 is 11.3 Å². The lowest BCUT2D eigenvalue weighted by atomic mass is 9.95. The van der Waals surface area contributed by atoms with Crippen LogP contribution in [0.4, 0.5) is 0 Å². The monoisotopic (exact) mass is 733 g/mol. The Morgan fingerprint density at radius 3 is 1.86 bits per heavy atom. The molecule has 0 aliphatic rings. The molecule has 56 heavy (non-hydrogen) atoms. The standard InChI is InChI=1S/C51H31N3OS/c1-2-10-35(11-3-1)44-30-45(54-51(53-44)36-25-23-33(24-26-36)32-19-21-34(22-20-32)37-12-9-29-52-31-37)42-28-27-39(48-43-14-4-6-17-46(43)55-49(42)48)41-16-8-15-40-38-13-5-7-18-47(38)56-50(40)41/h1-31H. The van der Waals surface area contributed by atoms with E-state index in [9.17, 15) is 0 Å². The van der Waals surface area contributed by atoms with Crippen LogP contribution in [0.1, 0.15) is 0 Å². The zero-order valence-corrected chi connectivity index (χ0v) is 30.9. The highest BCUT2D eigenvalue weighted by atomic mass is 32.1. The Hall–Kier alpha value is -7.21. The van der Waals surface area contributed by atoms with E-state index in [0.717, 1.165) is 77.8 Å². The molecule has 0 spiro atoms. The van der Waals surface area contributed by atoms with Gasteiger partial charge in [-0.2, -0.15) is 0 Å². The molecule has 11 aromatic rings. The van der Waals surface area contributed by atoms with Gasteiger partial charge in [-0.05, 0) is 58.1 Å². The molecule has 0 saturated carbocycles. The molecule has 262 valence electrons. The second-order valence-corrected chi connectivity index (χ2v) is 15.0. The zero-order chi connectivity index (χ0) is 37.0. The van der Waals surface area contributed by atoms with Crippen molar-refractivity contribution in [3.05, 3.63) is 188 Å². The van der Waals surface area contributed by atoms with Crippen molar-refractivity contribution in [1.29, 1.82) is 0 Å². The third-order valence-electron chi connectivity index (χ3n) is 10.6. The molecule has 0 aliphatic carbocycles. The Bertz CT molecular complexity index is 3220. The fourth-order valence-electron chi connectivity index (χ4n) is 7.89. The van der Waals surface area contributed by atoms with Crippen molar-refractivity contribution >= 4 is 53.4 Å². The van der Waals surface area contributed by atoms with Gasteiger partial charge in [-0.25, -0.2) is 9.97 Å². The van der Waals surface area contributed by atoms with Gasteiger partial charge in [0.25, 0.3) is 0 Å². The van der Waals surface area contributed by atoms with Gasteiger partial charge in [0.1, 0.15) is 11.2 Å². The van der Waals surface area contributed by atoms with Gasteiger partial charge in [0.15, 0.2) is 5.82 Å². The Labute approximate surface area is 327 Å². The van der Waals surface area contributed by atoms with E-state index in [1.165, 1.54) is 25.7 Å². The van der Waals surface area contributed by atoms with Gasteiger partial charge in [0.05, 0.1) is 11.4 Å². The summed E-state index contributed by atoms with van der Waals surface area (Å²) in [6, 6.07) is 61.6. The minimum atomic E-state index is 0.656. The highest BCUT2D eigenvalue weighted by Crippen LogP contribution is 2.46. The third-order valence-corrected chi connectivity index (χ3v) is 11.9. The average Bonchev–Trinajstić information content (AvgIpc) is 3.86. The fourth-order valence-corrected chi connectivity index (χ4v) is 9.12. The predicted molar refractivity (Wildman–Crippen MR) is 233 cm³/mol. The number of hydrogen-bond donors (Lipinski definition) is 0. The Balaban J connectivity index is 1.06. The van der Waals surface area contributed by atoms with Gasteiger partial charge in [-0.1, -0.05) is 146 Å². The van der Waals surface area contributed by atoms with Crippen molar-refractivity contribution in [3.8, 4) is 67.3 Å². The Kier molecular flexibility index (Phi) is 7.64. The van der Waals surface area contributed by atoms with Crippen molar-refractivity contribution in [2.45, 2.75) is 0 Å². The largest absolute Gasteiger partial charge is 0.455 e. The number of thiophene rings is 1. The smallest absolute Gasteiger partial charge is 0.160 e. The lowest BCUT2D eigenvalue weighted by molar-refractivity contribution is 0.670. The molecular formula is C51H31N3OS. The van der Waals surface area contributed by atoms with Gasteiger partial charge in [0, 0.05) is 65.6 Å². The van der Waals surface area contributed by atoms with Crippen LogP contribution in [0.5, 0.6) is 0 Å². The van der Waals surface area contributed by atoms with Crippen LogP contribution in [-0.2, 0) is 0 Å². The molecule has 0 bridgehead atoms. The van der Waals surface area contributed by atoms with Gasteiger partial charge < -0.3 is 4.42 Å². The van der Waals surface area contributed by atoms with Crippen LogP contribution < -0.4 is 0 Å². The maximum absolute atomic E-state index is 6.80. The number of hydrogen-bond acceptors (Lipinski definition) is 5. The van der Waals surface area contributed by atoms with Gasteiger partial charge in [0.2, 0.25) is 0 Å². The van der Waals surface area contributed by atoms with E-state index in [1.54, 1.807) is 6.20 Å². The summed E-state index contributed by atoms with van der Waals surface area (Å²) in [6.07, 6.45) is 3.69. The molecule has 4 heterocycles. The summed E-state index contributed by atoms with van der Waals surface area (Å²) < 4.78 is 9.36.